The molecule has 25 heavy (non-hydrogen) atoms. The molecule has 1 aromatic carbocycles. The summed E-state index contributed by atoms with van der Waals surface area (Å²) in [5, 5.41) is 5.66. The van der Waals surface area contributed by atoms with Crippen LogP contribution in [0.25, 0.3) is 0 Å². The lowest BCUT2D eigenvalue weighted by Gasteiger charge is -2.33. The minimum absolute atomic E-state index is 0.0233. The molecule has 0 aliphatic carbocycles. The lowest BCUT2D eigenvalue weighted by atomic mass is 9.95. The molecule has 3 amide bonds. The monoisotopic (exact) mass is 345 g/mol. The molecule has 1 aromatic rings. The van der Waals surface area contributed by atoms with Crippen LogP contribution in [-0.2, 0) is 9.59 Å². The van der Waals surface area contributed by atoms with Gasteiger partial charge in [-0.05, 0) is 38.3 Å². The minimum Gasteiger partial charge on any atom is -0.356 e. The summed E-state index contributed by atoms with van der Waals surface area (Å²) in [6, 6.07) is 8.26. The third-order valence-corrected chi connectivity index (χ3v) is 4.48. The first-order valence-corrected chi connectivity index (χ1v) is 8.95. The van der Waals surface area contributed by atoms with Gasteiger partial charge in [0.2, 0.25) is 11.8 Å². The predicted molar refractivity (Wildman–Crippen MR) is 96.0 cm³/mol. The van der Waals surface area contributed by atoms with Crippen molar-refractivity contribution in [3.63, 3.8) is 0 Å². The highest BCUT2D eigenvalue weighted by Crippen LogP contribution is 2.18. The highest BCUT2D eigenvalue weighted by Gasteiger charge is 2.29. The molecule has 6 heteroatoms. The van der Waals surface area contributed by atoms with E-state index in [0.29, 0.717) is 38.0 Å². The highest BCUT2D eigenvalue weighted by atomic mass is 16.2. The van der Waals surface area contributed by atoms with Crippen molar-refractivity contribution in [1.29, 1.82) is 0 Å². The number of carbonyl (C=O) groups excluding carboxylic acids is 3. The van der Waals surface area contributed by atoms with Crippen LogP contribution in [0.15, 0.2) is 30.3 Å². The summed E-state index contributed by atoms with van der Waals surface area (Å²) in [5.41, 5.74) is 0.536. The summed E-state index contributed by atoms with van der Waals surface area (Å²) in [6.45, 7) is 5.51. The van der Waals surface area contributed by atoms with Crippen LogP contribution < -0.4 is 10.6 Å². The number of piperidine rings is 1. The van der Waals surface area contributed by atoms with Gasteiger partial charge in [-0.15, -0.1) is 0 Å². The van der Waals surface area contributed by atoms with E-state index in [1.807, 2.05) is 13.0 Å². The minimum atomic E-state index is -0.585. The molecule has 1 aliphatic heterocycles. The van der Waals surface area contributed by atoms with Gasteiger partial charge in [0.05, 0.1) is 0 Å². The number of amides is 3. The van der Waals surface area contributed by atoms with Gasteiger partial charge in [0.1, 0.15) is 6.04 Å². The maximum absolute atomic E-state index is 12.5. The molecule has 0 radical (unpaired) electrons. The summed E-state index contributed by atoms with van der Waals surface area (Å²) in [5.74, 6) is -0.295. The smallest absolute Gasteiger partial charge is 0.251 e. The van der Waals surface area contributed by atoms with Crippen LogP contribution in [-0.4, -0.2) is 48.3 Å². The van der Waals surface area contributed by atoms with Crippen LogP contribution >= 0.6 is 0 Å². The number of hydrogen-bond donors (Lipinski definition) is 2. The summed E-state index contributed by atoms with van der Waals surface area (Å²) < 4.78 is 0. The second-order valence-electron chi connectivity index (χ2n) is 6.45. The average molecular weight is 345 g/mol. The van der Waals surface area contributed by atoms with Gasteiger partial charge in [0.15, 0.2) is 0 Å². The number of nitrogens with zero attached hydrogens (tertiary/aromatic N) is 1. The molecule has 1 saturated heterocycles. The zero-order valence-corrected chi connectivity index (χ0v) is 15.0. The fourth-order valence-corrected chi connectivity index (χ4v) is 2.96. The van der Waals surface area contributed by atoms with Crippen LogP contribution in [0.1, 0.15) is 43.5 Å². The fourth-order valence-electron chi connectivity index (χ4n) is 2.96. The predicted octanol–water partition coefficient (Wildman–Crippen LogP) is 1.57. The van der Waals surface area contributed by atoms with Crippen LogP contribution in [0.3, 0.4) is 0 Å². The summed E-state index contributed by atoms with van der Waals surface area (Å²) in [6.07, 6.45) is 2.25. The van der Waals surface area contributed by atoms with Crippen molar-refractivity contribution >= 4 is 17.7 Å². The van der Waals surface area contributed by atoms with Crippen molar-refractivity contribution in [3.8, 4) is 0 Å². The van der Waals surface area contributed by atoms with Crippen LogP contribution in [0.5, 0.6) is 0 Å². The first-order valence-electron chi connectivity index (χ1n) is 8.95. The number of benzene rings is 1. The topological polar surface area (TPSA) is 78.5 Å². The molecule has 1 fully saturated rings. The van der Waals surface area contributed by atoms with E-state index < -0.39 is 6.04 Å². The third kappa shape index (κ3) is 5.31. The van der Waals surface area contributed by atoms with E-state index in [2.05, 4.69) is 10.6 Å². The van der Waals surface area contributed by atoms with Crippen LogP contribution in [0.4, 0.5) is 0 Å². The molecule has 136 valence electrons. The van der Waals surface area contributed by atoms with E-state index in [0.717, 1.165) is 6.42 Å². The molecule has 0 saturated carbocycles. The highest BCUT2D eigenvalue weighted by molar-refractivity contribution is 5.97. The second-order valence-corrected chi connectivity index (χ2v) is 6.45. The Kier molecular flexibility index (Phi) is 6.98. The Morgan fingerprint density at radius 3 is 2.40 bits per heavy atom. The molecule has 6 nitrogen and oxygen atoms in total. The van der Waals surface area contributed by atoms with Crippen molar-refractivity contribution in [2.75, 3.05) is 19.6 Å². The van der Waals surface area contributed by atoms with Crippen molar-refractivity contribution in [2.45, 2.75) is 39.2 Å². The Hall–Kier alpha value is -2.37. The van der Waals surface area contributed by atoms with Gasteiger partial charge < -0.3 is 15.5 Å². The third-order valence-electron chi connectivity index (χ3n) is 4.48. The summed E-state index contributed by atoms with van der Waals surface area (Å²) >= 11 is 0. The number of nitrogens with one attached hydrogen (secondary N) is 2. The van der Waals surface area contributed by atoms with E-state index >= 15 is 0 Å². The van der Waals surface area contributed by atoms with Gasteiger partial charge in [0, 0.05) is 31.1 Å². The van der Waals surface area contributed by atoms with Gasteiger partial charge in [-0.1, -0.05) is 25.1 Å². The maximum atomic E-state index is 12.5. The SMILES string of the molecule is CCCNC(=O)C1CCN(C(=O)C(C)NC(=O)c2ccccc2)CC1. The lowest BCUT2D eigenvalue weighted by molar-refractivity contribution is -0.136. The van der Waals surface area contributed by atoms with Gasteiger partial charge in [0.25, 0.3) is 5.91 Å². The van der Waals surface area contributed by atoms with E-state index in [1.165, 1.54) is 0 Å². The van der Waals surface area contributed by atoms with Crippen LogP contribution in [0.2, 0.25) is 0 Å². The van der Waals surface area contributed by atoms with E-state index in [-0.39, 0.29) is 23.6 Å². The lowest BCUT2D eigenvalue weighted by Crippen LogP contribution is -2.50. The first-order chi connectivity index (χ1) is 12.0. The van der Waals surface area contributed by atoms with Gasteiger partial charge in [-0.3, -0.25) is 14.4 Å². The van der Waals surface area contributed by atoms with Gasteiger partial charge >= 0.3 is 0 Å². The molecule has 0 spiro atoms. The number of likely N-dealkylation sites (tertiary alicyclic amines) is 1. The Labute approximate surface area is 149 Å². The standard InChI is InChI=1S/C19H27N3O3/c1-3-11-20-17(23)16-9-12-22(13-10-16)19(25)14(2)21-18(24)15-7-5-4-6-8-15/h4-8,14,16H,3,9-13H2,1-2H3,(H,20,23)(H,21,24). The normalized spacial score (nSPS) is 16.2. The molecule has 1 aliphatic rings. The maximum Gasteiger partial charge on any atom is 0.251 e. The molecular formula is C19H27N3O3. The number of carbonyl (C=O) groups is 3. The zero-order chi connectivity index (χ0) is 18.2. The number of hydrogen-bond acceptors (Lipinski definition) is 3. The van der Waals surface area contributed by atoms with Crippen molar-refractivity contribution in [2.24, 2.45) is 5.92 Å². The number of rotatable bonds is 6. The molecule has 2 N–H and O–H groups in total. The molecule has 1 heterocycles. The quantitative estimate of drug-likeness (QED) is 0.821. The van der Waals surface area contributed by atoms with E-state index in [4.69, 9.17) is 0 Å². The summed E-state index contributed by atoms with van der Waals surface area (Å²) in [4.78, 5) is 38.4. The Bertz CT molecular complexity index is 595. The zero-order valence-electron chi connectivity index (χ0n) is 15.0. The Morgan fingerprint density at radius 2 is 1.80 bits per heavy atom. The second kappa shape index (κ2) is 9.20. The fraction of sp³-hybridized carbons (Fsp3) is 0.526. The molecule has 2 rings (SSSR count). The van der Waals surface area contributed by atoms with Crippen LogP contribution in [0, 0.1) is 5.92 Å². The molecule has 1 unspecified atom stereocenters. The molecular weight excluding hydrogens is 318 g/mol. The van der Waals surface area contributed by atoms with Crippen molar-refractivity contribution < 1.29 is 14.4 Å². The summed E-state index contributed by atoms with van der Waals surface area (Å²) in [7, 11) is 0. The first kappa shape index (κ1) is 19.0. The molecule has 0 bridgehead atoms. The Balaban J connectivity index is 1.81. The molecule has 1 atom stereocenters. The van der Waals surface area contributed by atoms with Gasteiger partial charge in [-0.2, -0.15) is 0 Å². The Morgan fingerprint density at radius 1 is 1.16 bits per heavy atom. The van der Waals surface area contributed by atoms with Crippen molar-refractivity contribution in [3.05, 3.63) is 35.9 Å². The van der Waals surface area contributed by atoms with E-state index in [1.54, 1.807) is 36.1 Å². The largest absolute Gasteiger partial charge is 0.356 e. The van der Waals surface area contributed by atoms with E-state index in [9.17, 15) is 14.4 Å². The van der Waals surface area contributed by atoms with Gasteiger partial charge in [-0.25, -0.2) is 0 Å². The molecule has 0 aromatic heterocycles. The average Bonchev–Trinajstić information content (AvgIpc) is 2.66. The van der Waals surface area contributed by atoms with Crippen molar-refractivity contribution in [1.82, 2.24) is 15.5 Å².